The van der Waals surface area contributed by atoms with Crippen LogP contribution in [0, 0.1) is 0 Å². The molecule has 10 heteroatoms. The number of likely N-dealkylation sites (N-methyl/N-ethyl adjacent to an activating group) is 1. The van der Waals surface area contributed by atoms with Crippen molar-refractivity contribution < 1.29 is 37.3 Å². The predicted molar refractivity (Wildman–Crippen MR) is 367 cm³/mol. The van der Waals surface area contributed by atoms with Crippen molar-refractivity contribution in [1.82, 2.24) is 5.32 Å². The number of esters is 1. The van der Waals surface area contributed by atoms with Crippen LogP contribution in [-0.2, 0) is 27.9 Å². The Morgan fingerprint density at radius 2 is 0.753 bits per heavy atom. The molecule has 0 radical (unpaired) electrons. The Morgan fingerprint density at radius 1 is 0.424 bits per heavy atom. The number of hydrogen-bond donors (Lipinski definition) is 1. The van der Waals surface area contributed by atoms with Gasteiger partial charge in [0.15, 0.2) is 0 Å². The van der Waals surface area contributed by atoms with E-state index in [0.29, 0.717) is 17.4 Å². The molecule has 1 amide bonds. The number of quaternary nitrogens is 1. The third kappa shape index (κ3) is 65.0. The summed E-state index contributed by atoms with van der Waals surface area (Å²) in [6, 6.07) is -0.902. The molecule has 0 bridgehead atoms. The van der Waals surface area contributed by atoms with E-state index in [4.69, 9.17) is 13.8 Å². The largest absolute Gasteiger partial charge is 0.756 e. The van der Waals surface area contributed by atoms with E-state index in [1.54, 1.807) is 0 Å². The molecule has 0 aliphatic heterocycles. The molecule has 3 atom stereocenters. The van der Waals surface area contributed by atoms with Gasteiger partial charge in [-0.1, -0.05) is 285 Å². The highest BCUT2D eigenvalue weighted by molar-refractivity contribution is 7.45. The van der Waals surface area contributed by atoms with E-state index in [9.17, 15) is 19.0 Å². The second kappa shape index (κ2) is 63.7. The Balaban J connectivity index is 5.14. The maximum absolute atomic E-state index is 13.6. The summed E-state index contributed by atoms with van der Waals surface area (Å²) in [5, 5.41) is 3.04. The van der Waals surface area contributed by atoms with Gasteiger partial charge in [0.25, 0.3) is 7.82 Å². The lowest BCUT2D eigenvalue weighted by molar-refractivity contribution is -0.870. The van der Waals surface area contributed by atoms with Crippen LogP contribution in [0.25, 0.3) is 0 Å². The van der Waals surface area contributed by atoms with Gasteiger partial charge in [-0.25, -0.2) is 0 Å². The van der Waals surface area contributed by atoms with Crippen molar-refractivity contribution >= 4 is 19.7 Å². The fraction of sp³-hybridized carbons (Fsp3) is 0.733. The minimum absolute atomic E-state index is 0.0289. The second-order valence-electron chi connectivity index (χ2n) is 24.6. The number of ether oxygens (including phenoxy) is 1. The lowest BCUT2D eigenvalue weighted by Crippen LogP contribution is -2.47. The average molecular weight is 1210 g/mol. The van der Waals surface area contributed by atoms with Crippen molar-refractivity contribution in [2.45, 2.75) is 315 Å². The van der Waals surface area contributed by atoms with Crippen LogP contribution in [0.15, 0.2) is 109 Å². The molecule has 0 saturated heterocycles. The number of carbonyl (C=O) groups excluding carboxylic acids is 2. The fourth-order valence-electron chi connectivity index (χ4n) is 9.79. The van der Waals surface area contributed by atoms with E-state index in [1.165, 1.54) is 141 Å². The Labute approximate surface area is 525 Å². The summed E-state index contributed by atoms with van der Waals surface area (Å²) < 4.78 is 30.4. The van der Waals surface area contributed by atoms with Crippen molar-refractivity contribution in [1.29, 1.82) is 0 Å². The molecule has 85 heavy (non-hydrogen) atoms. The van der Waals surface area contributed by atoms with Gasteiger partial charge in [0.05, 0.1) is 33.8 Å². The van der Waals surface area contributed by atoms with E-state index in [0.717, 1.165) is 128 Å². The number of nitrogens with zero attached hydrogens (tertiary/aromatic N) is 1. The van der Waals surface area contributed by atoms with Crippen molar-refractivity contribution in [2.75, 3.05) is 40.9 Å². The van der Waals surface area contributed by atoms with E-state index < -0.39 is 26.6 Å². The first kappa shape index (κ1) is 81.7. The van der Waals surface area contributed by atoms with Crippen molar-refractivity contribution in [3.05, 3.63) is 109 Å². The molecule has 0 saturated carbocycles. The maximum atomic E-state index is 13.6. The van der Waals surface area contributed by atoms with Gasteiger partial charge < -0.3 is 28.5 Å². The van der Waals surface area contributed by atoms with Crippen LogP contribution < -0.4 is 10.2 Å². The van der Waals surface area contributed by atoms with E-state index in [1.807, 2.05) is 33.3 Å². The molecule has 9 nitrogen and oxygen atoms in total. The number of hydrogen-bond acceptors (Lipinski definition) is 7. The van der Waals surface area contributed by atoms with Crippen molar-refractivity contribution in [3.63, 3.8) is 0 Å². The van der Waals surface area contributed by atoms with Crippen LogP contribution >= 0.6 is 7.82 Å². The van der Waals surface area contributed by atoms with Gasteiger partial charge in [0.1, 0.15) is 19.3 Å². The molecular weight excluding hydrogens is 1070 g/mol. The maximum Gasteiger partial charge on any atom is 0.306 e. The van der Waals surface area contributed by atoms with Gasteiger partial charge in [-0.15, -0.1) is 0 Å². The number of phosphoric ester groups is 1. The highest BCUT2D eigenvalue weighted by Gasteiger charge is 2.27. The fourth-order valence-corrected chi connectivity index (χ4v) is 10.5. The SMILES string of the molecule is CC/C=C\C/C=C\C/C=C\C/C=C\C/C=C\C/C=C\CCCCCCCCCCC(=O)OC(/C=C\CCCCCCCCCCCCC)C(COP(=O)([O-])OCC[N+](C)(C)C)NC(=O)CCCCCCCCCCC/C=C\C/C=C\CCCCC. The summed E-state index contributed by atoms with van der Waals surface area (Å²) in [6.45, 7) is 6.71. The lowest BCUT2D eigenvalue weighted by Gasteiger charge is -2.30. The highest BCUT2D eigenvalue weighted by Crippen LogP contribution is 2.38. The van der Waals surface area contributed by atoms with Gasteiger partial charge in [-0.2, -0.15) is 0 Å². The van der Waals surface area contributed by atoms with E-state index >= 15 is 0 Å². The molecule has 0 fully saturated rings. The first-order chi connectivity index (χ1) is 41.4. The van der Waals surface area contributed by atoms with Gasteiger partial charge in [-0.05, 0) is 115 Å². The number of amides is 1. The standard InChI is InChI=1S/C75H133N2O7P/c1-7-10-13-16-19-22-25-28-30-32-34-35-36-37-38-39-40-41-43-45-47-50-53-56-59-62-65-68-75(79)84-73(66-63-60-57-54-51-48-27-24-21-18-15-12-9-3)72(71-83-85(80,81)82-70-69-77(4,5)6)76-74(78)67-64-61-58-55-52-49-46-44-42-33-31-29-26-23-20-17-14-11-8-2/h10,13,19-20,22-23,28-31,34-35,37-38,40-41,63,66,72-73H,7-9,11-12,14-18,21,24-27,32-33,36,39,42-62,64-65,67-71H2,1-6H3,(H-,76,78,80,81)/b13-10-,22-19-,23-20-,30-28-,31-29-,35-34-,38-37-,41-40-,66-63-. The Bertz CT molecular complexity index is 1820. The smallest absolute Gasteiger partial charge is 0.306 e. The van der Waals surface area contributed by atoms with Crippen molar-refractivity contribution in [3.8, 4) is 0 Å². The minimum Gasteiger partial charge on any atom is -0.756 e. The minimum atomic E-state index is -4.71. The second-order valence-corrected chi connectivity index (χ2v) is 26.1. The van der Waals surface area contributed by atoms with Gasteiger partial charge in [0, 0.05) is 12.8 Å². The summed E-state index contributed by atoms with van der Waals surface area (Å²) >= 11 is 0. The molecule has 0 aromatic rings. The van der Waals surface area contributed by atoms with Crippen LogP contribution in [0.3, 0.4) is 0 Å². The van der Waals surface area contributed by atoms with E-state index in [-0.39, 0.29) is 24.9 Å². The topological polar surface area (TPSA) is 114 Å². The highest BCUT2D eigenvalue weighted by atomic mass is 31.2. The zero-order valence-electron chi connectivity index (χ0n) is 56.0. The van der Waals surface area contributed by atoms with Gasteiger partial charge in [-0.3, -0.25) is 14.2 Å². The van der Waals surface area contributed by atoms with Crippen molar-refractivity contribution in [2.24, 2.45) is 0 Å². The number of carbonyl (C=O) groups is 2. The summed E-state index contributed by atoms with van der Waals surface area (Å²) in [5.74, 6) is -0.554. The van der Waals surface area contributed by atoms with Crippen LogP contribution in [-0.4, -0.2) is 69.4 Å². The van der Waals surface area contributed by atoms with Crippen LogP contribution in [0.5, 0.6) is 0 Å². The Morgan fingerprint density at radius 3 is 1.15 bits per heavy atom. The molecule has 0 aromatic carbocycles. The summed E-state index contributed by atoms with van der Waals surface area (Å²) in [5.41, 5.74) is 0. The molecule has 0 aliphatic rings. The first-order valence-corrected chi connectivity index (χ1v) is 36.7. The van der Waals surface area contributed by atoms with Gasteiger partial charge in [0.2, 0.25) is 5.91 Å². The molecule has 0 aromatic heterocycles. The van der Waals surface area contributed by atoms with Crippen LogP contribution in [0.4, 0.5) is 0 Å². The number of rotatable bonds is 63. The predicted octanol–water partition coefficient (Wildman–Crippen LogP) is 21.8. The first-order valence-electron chi connectivity index (χ1n) is 35.2. The number of allylic oxidation sites excluding steroid dienone is 17. The molecule has 0 rings (SSSR count). The zero-order valence-corrected chi connectivity index (χ0v) is 56.9. The number of nitrogens with one attached hydrogen (secondary N) is 1. The molecule has 0 aliphatic carbocycles. The molecule has 1 N–H and O–H groups in total. The average Bonchev–Trinajstić information content (AvgIpc) is 3.50. The zero-order chi connectivity index (χ0) is 62.1. The molecule has 0 spiro atoms. The Kier molecular flexibility index (Phi) is 61.2. The van der Waals surface area contributed by atoms with Gasteiger partial charge >= 0.3 is 5.97 Å². The molecule has 490 valence electrons. The summed E-state index contributed by atoms with van der Waals surface area (Å²) in [7, 11) is 1.17. The summed E-state index contributed by atoms with van der Waals surface area (Å²) in [6.07, 6.45) is 87.7. The lowest BCUT2D eigenvalue weighted by atomic mass is 10.0. The third-order valence-electron chi connectivity index (χ3n) is 15.2. The summed E-state index contributed by atoms with van der Waals surface area (Å²) in [4.78, 5) is 40.2. The molecule has 0 heterocycles. The number of unbranched alkanes of at least 4 members (excludes halogenated alkanes) is 31. The quantitative estimate of drug-likeness (QED) is 0.0212. The Hall–Kier alpha value is -3.33. The third-order valence-corrected chi connectivity index (χ3v) is 16.2. The molecule has 3 unspecified atom stereocenters. The van der Waals surface area contributed by atoms with Crippen LogP contribution in [0.2, 0.25) is 0 Å². The van der Waals surface area contributed by atoms with Crippen LogP contribution in [0.1, 0.15) is 303 Å². The normalized spacial score (nSPS) is 14.2. The molecular formula is C75H133N2O7P. The monoisotopic (exact) mass is 1200 g/mol. The van der Waals surface area contributed by atoms with E-state index in [2.05, 4.69) is 123 Å². The number of phosphoric acid groups is 1.